The van der Waals surface area contributed by atoms with Crippen molar-refractivity contribution in [3.05, 3.63) is 0 Å². The number of rotatable bonds is 7. The van der Waals surface area contributed by atoms with E-state index in [1.165, 1.54) is 19.3 Å². The van der Waals surface area contributed by atoms with Gasteiger partial charge in [0.2, 0.25) is 0 Å². The molecule has 25 heavy (non-hydrogen) atoms. The third kappa shape index (κ3) is 7.14. The van der Waals surface area contributed by atoms with E-state index in [0.717, 1.165) is 45.6 Å². The molecule has 0 aromatic carbocycles. The molecule has 1 amide bonds. The minimum absolute atomic E-state index is 0.160. The Hall–Kier alpha value is -0.810. The van der Waals surface area contributed by atoms with Crippen LogP contribution in [-0.4, -0.2) is 48.7 Å². The highest BCUT2D eigenvalue weighted by Gasteiger charge is 2.31. The van der Waals surface area contributed by atoms with E-state index in [1.807, 2.05) is 32.6 Å². The van der Waals surface area contributed by atoms with Crippen LogP contribution in [0.2, 0.25) is 0 Å². The van der Waals surface area contributed by atoms with Crippen LogP contribution in [-0.2, 0) is 14.2 Å². The van der Waals surface area contributed by atoms with Crippen molar-refractivity contribution in [1.82, 2.24) is 4.90 Å². The van der Waals surface area contributed by atoms with Gasteiger partial charge in [0, 0.05) is 19.5 Å². The summed E-state index contributed by atoms with van der Waals surface area (Å²) in [6, 6.07) is 0. The maximum Gasteiger partial charge on any atom is 0.410 e. The number of hydrogen-bond acceptors (Lipinski definition) is 4. The Balaban J connectivity index is 1.59. The van der Waals surface area contributed by atoms with Gasteiger partial charge in [-0.1, -0.05) is 19.8 Å². The molecule has 2 aliphatic heterocycles. The lowest BCUT2D eigenvalue weighted by molar-refractivity contribution is -0.147. The van der Waals surface area contributed by atoms with Gasteiger partial charge in [0.25, 0.3) is 0 Å². The van der Waals surface area contributed by atoms with Crippen LogP contribution in [0.15, 0.2) is 0 Å². The highest BCUT2D eigenvalue weighted by Crippen LogP contribution is 2.29. The van der Waals surface area contributed by atoms with Crippen LogP contribution in [0, 0.1) is 11.8 Å². The van der Waals surface area contributed by atoms with Gasteiger partial charge in [-0.2, -0.15) is 0 Å². The zero-order chi connectivity index (χ0) is 18.5. The summed E-state index contributed by atoms with van der Waals surface area (Å²) in [6.45, 7) is 13.3. The Morgan fingerprint density at radius 3 is 2.60 bits per heavy atom. The van der Waals surface area contributed by atoms with Crippen LogP contribution >= 0.6 is 0 Å². The molecule has 2 atom stereocenters. The number of carbonyl (C=O) groups excluding carboxylic acids is 1. The molecular formula is C20H37NO4. The van der Waals surface area contributed by atoms with Crippen LogP contribution in [0.25, 0.3) is 0 Å². The number of likely N-dealkylation sites (tertiary alicyclic amines) is 1. The number of ether oxygens (including phenoxy) is 3. The summed E-state index contributed by atoms with van der Waals surface area (Å²) in [5.41, 5.74) is -0.411. The van der Waals surface area contributed by atoms with E-state index in [4.69, 9.17) is 14.2 Å². The van der Waals surface area contributed by atoms with E-state index in [1.54, 1.807) is 0 Å². The number of nitrogens with zero attached hydrogens (tertiary/aromatic N) is 1. The van der Waals surface area contributed by atoms with Gasteiger partial charge in [-0.25, -0.2) is 4.79 Å². The summed E-state index contributed by atoms with van der Waals surface area (Å²) in [5.74, 6) is 0.964. The first-order chi connectivity index (χ1) is 11.7. The van der Waals surface area contributed by atoms with Crippen molar-refractivity contribution in [3.8, 4) is 0 Å². The molecule has 0 aliphatic carbocycles. The first-order valence-electron chi connectivity index (χ1n) is 9.93. The largest absolute Gasteiger partial charge is 0.444 e. The second-order valence-corrected chi connectivity index (χ2v) is 9.00. The van der Waals surface area contributed by atoms with Crippen LogP contribution in [0.1, 0.15) is 73.1 Å². The highest BCUT2D eigenvalue weighted by molar-refractivity contribution is 5.68. The predicted molar refractivity (Wildman–Crippen MR) is 98.5 cm³/mol. The number of unbranched alkanes of at least 4 members (excludes halogenated alkanes) is 1. The second-order valence-electron chi connectivity index (χ2n) is 9.00. The van der Waals surface area contributed by atoms with Crippen molar-refractivity contribution < 1.29 is 19.0 Å². The molecule has 146 valence electrons. The smallest absolute Gasteiger partial charge is 0.410 e. The fourth-order valence-corrected chi connectivity index (χ4v) is 3.84. The van der Waals surface area contributed by atoms with Crippen LogP contribution in [0.4, 0.5) is 4.79 Å². The first kappa shape index (κ1) is 20.5. The first-order valence-corrected chi connectivity index (χ1v) is 9.93. The van der Waals surface area contributed by atoms with Crippen molar-refractivity contribution in [1.29, 1.82) is 0 Å². The predicted octanol–water partition coefficient (Wildman–Crippen LogP) is 4.59. The summed E-state index contributed by atoms with van der Waals surface area (Å²) in [7, 11) is 0. The summed E-state index contributed by atoms with van der Waals surface area (Å²) in [4.78, 5) is 14.0. The topological polar surface area (TPSA) is 48.0 Å². The molecule has 2 rings (SSSR count). The third-order valence-electron chi connectivity index (χ3n) is 5.15. The van der Waals surface area contributed by atoms with Crippen molar-refractivity contribution in [2.45, 2.75) is 84.5 Å². The normalized spacial score (nSPS) is 24.5. The number of amides is 1. The van der Waals surface area contributed by atoms with Gasteiger partial charge in [0.15, 0.2) is 5.79 Å². The molecule has 2 heterocycles. The van der Waals surface area contributed by atoms with Crippen LogP contribution in [0.5, 0.6) is 0 Å². The van der Waals surface area contributed by atoms with E-state index in [-0.39, 0.29) is 11.9 Å². The van der Waals surface area contributed by atoms with E-state index >= 15 is 0 Å². The molecule has 1 unspecified atom stereocenters. The Bertz CT molecular complexity index is 426. The summed E-state index contributed by atoms with van der Waals surface area (Å²) >= 11 is 0. The summed E-state index contributed by atoms with van der Waals surface area (Å²) in [6.07, 6.45) is 6.72. The number of carbonyl (C=O) groups is 1. The van der Waals surface area contributed by atoms with Crippen molar-refractivity contribution >= 4 is 6.09 Å². The second kappa shape index (κ2) is 8.72. The van der Waals surface area contributed by atoms with Crippen molar-refractivity contribution in [2.75, 3.05) is 26.3 Å². The van der Waals surface area contributed by atoms with Gasteiger partial charge in [-0.3, -0.25) is 0 Å². The molecule has 0 aromatic heterocycles. The Labute approximate surface area is 153 Å². The molecule has 2 fully saturated rings. The maximum atomic E-state index is 12.1. The number of hydrogen-bond donors (Lipinski definition) is 0. The standard InChI is InChI=1S/C20H37NO4/c1-16(8-6-7-10-20(5)23-12-13-24-20)14-17-9-11-21(15-17)18(22)25-19(2,3)4/h16-17H,6-15H2,1-5H3/t16?,17-/m0/s1. The molecule has 0 aromatic rings. The minimum atomic E-state index is -0.411. The fraction of sp³-hybridized carbons (Fsp3) is 0.950. The zero-order valence-electron chi connectivity index (χ0n) is 16.8. The van der Waals surface area contributed by atoms with Crippen molar-refractivity contribution in [3.63, 3.8) is 0 Å². The van der Waals surface area contributed by atoms with Crippen molar-refractivity contribution in [2.24, 2.45) is 11.8 Å². The molecular weight excluding hydrogens is 318 g/mol. The monoisotopic (exact) mass is 355 g/mol. The average molecular weight is 356 g/mol. The van der Waals surface area contributed by atoms with E-state index in [0.29, 0.717) is 11.8 Å². The van der Waals surface area contributed by atoms with Gasteiger partial charge in [0.05, 0.1) is 13.2 Å². The van der Waals surface area contributed by atoms with Gasteiger partial charge >= 0.3 is 6.09 Å². The van der Waals surface area contributed by atoms with Gasteiger partial charge in [-0.15, -0.1) is 0 Å². The molecule has 5 heteroatoms. The van der Waals surface area contributed by atoms with Crippen LogP contribution < -0.4 is 0 Å². The van der Waals surface area contributed by atoms with Gasteiger partial charge in [0.1, 0.15) is 5.60 Å². The molecule has 0 saturated carbocycles. The van der Waals surface area contributed by atoms with E-state index in [9.17, 15) is 4.79 Å². The molecule has 2 aliphatic rings. The third-order valence-corrected chi connectivity index (χ3v) is 5.15. The Morgan fingerprint density at radius 2 is 1.96 bits per heavy atom. The Kier molecular flexibility index (Phi) is 7.15. The molecule has 0 spiro atoms. The summed E-state index contributed by atoms with van der Waals surface area (Å²) < 4.78 is 16.8. The lowest BCUT2D eigenvalue weighted by atomic mass is 9.91. The molecule has 0 radical (unpaired) electrons. The highest BCUT2D eigenvalue weighted by atomic mass is 16.7. The lowest BCUT2D eigenvalue weighted by Crippen LogP contribution is -2.35. The maximum absolute atomic E-state index is 12.1. The van der Waals surface area contributed by atoms with E-state index in [2.05, 4.69) is 6.92 Å². The quantitative estimate of drug-likeness (QED) is 0.627. The minimum Gasteiger partial charge on any atom is -0.444 e. The zero-order valence-corrected chi connectivity index (χ0v) is 16.8. The molecule has 5 nitrogen and oxygen atoms in total. The lowest BCUT2D eigenvalue weighted by Gasteiger charge is -2.25. The fourth-order valence-electron chi connectivity index (χ4n) is 3.84. The average Bonchev–Trinajstić information content (AvgIpc) is 3.12. The molecule has 2 saturated heterocycles. The SMILES string of the molecule is CC(CCCCC1(C)OCCO1)C[C@@H]1CCN(C(=O)OC(C)(C)C)C1. The molecule has 0 N–H and O–H groups in total. The van der Waals surface area contributed by atoms with Gasteiger partial charge in [-0.05, 0) is 58.8 Å². The van der Waals surface area contributed by atoms with Crippen LogP contribution in [0.3, 0.4) is 0 Å². The van der Waals surface area contributed by atoms with Gasteiger partial charge < -0.3 is 19.1 Å². The molecule has 0 bridgehead atoms. The summed E-state index contributed by atoms with van der Waals surface area (Å²) in [5, 5.41) is 0. The van der Waals surface area contributed by atoms with E-state index < -0.39 is 5.60 Å². The Morgan fingerprint density at radius 1 is 1.28 bits per heavy atom.